The lowest BCUT2D eigenvalue weighted by molar-refractivity contribution is -0.363. The molecule has 0 aliphatic heterocycles. The Bertz CT molecular complexity index is 714. The smallest absolute Gasteiger partial charge is 0.383 e. The summed E-state index contributed by atoms with van der Waals surface area (Å²) >= 11 is 0. The number of ketones is 1. The Morgan fingerprint density at radius 1 is 1.11 bits per heavy atom. The zero-order valence-corrected chi connectivity index (χ0v) is 16.2. The van der Waals surface area contributed by atoms with E-state index in [0.717, 1.165) is 12.0 Å². The molecule has 158 valence electrons. The molecule has 7 atom stereocenters. The Morgan fingerprint density at radius 2 is 1.79 bits per heavy atom. The second-order valence-electron chi connectivity index (χ2n) is 9.79. The fourth-order valence-corrected chi connectivity index (χ4v) is 7.36. The van der Waals surface area contributed by atoms with E-state index in [4.69, 9.17) is 0 Å². The maximum Gasteiger partial charge on any atom is 0.456 e. The first-order chi connectivity index (χ1) is 12.8. The van der Waals surface area contributed by atoms with Crippen molar-refractivity contribution in [1.29, 1.82) is 0 Å². The Balaban J connectivity index is 1.70. The maximum absolute atomic E-state index is 14.4. The van der Waals surface area contributed by atoms with Crippen LogP contribution in [0.3, 0.4) is 0 Å². The molecule has 0 aromatic rings. The van der Waals surface area contributed by atoms with Gasteiger partial charge < -0.3 is 5.11 Å². The molecular formula is C21H27F5O2. The third kappa shape index (κ3) is 2.43. The fraction of sp³-hybridized carbons (Fsp3) is 0.857. The van der Waals surface area contributed by atoms with Crippen molar-refractivity contribution in [2.45, 2.75) is 76.5 Å². The van der Waals surface area contributed by atoms with Crippen molar-refractivity contribution in [2.24, 2.45) is 35.0 Å². The van der Waals surface area contributed by atoms with Crippen LogP contribution in [0.5, 0.6) is 0 Å². The molecule has 4 aliphatic rings. The first-order valence-electron chi connectivity index (χ1n) is 10.2. The van der Waals surface area contributed by atoms with Gasteiger partial charge in [-0.3, -0.25) is 4.79 Å². The zero-order chi connectivity index (χ0) is 20.7. The molecule has 5 unspecified atom stereocenters. The minimum absolute atomic E-state index is 0.00663. The van der Waals surface area contributed by atoms with Crippen LogP contribution in [0.1, 0.15) is 58.8 Å². The monoisotopic (exact) mass is 406 g/mol. The Morgan fingerprint density at radius 3 is 2.43 bits per heavy atom. The number of carbonyl (C=O) groups excluding carboxylic acids is 1. The van der Waals surface area contributed by atoms with Crippen LogP contribution in [0.2, 0.25) is 0 Å². The summed E-state index contributed by atoms with van der Waals surface area (Å²) in [5.74, 6) is -4.84. The molecule has 0 heterocycles. The Hall–Kier alpha value is -0.980. The van der Waals surface area contributed by atoms with E-state index in [-0.39, 0.29) is 48.2 Å². The molecule has 3 fully saturated rings. The third-order valence-corrected chi connectivity index (χ3v) is 8.67. The molecule has 0 spiro atoms. The second-order valence-corrected chi connectivity index (χ2v) is 9.79. The Labute approximate surface area is 161 Å². The van der Waals surface area contributed by atoms with Crippen LogP contribution in [0.4, 0.5) is 22.0 Å². The van der Waals surface area contributed by atoms with E-state index in [9.17, 15) is 31.9 Å². The summed E-state index contributed by atoms with van der Waals surface area (Å²) in [5.41, 5.74) is -3.40. The van der Waals surface area contributed by atoms with Crippen molar-refractivity contribution in [2.75, 3.05) is 0 Å². The summed E-state index contributed by atoms with van der Waals surface area (Å²) in [6.07, 6.45) is -1.78. The standard InChI is InChI=1S/C21H27F5O2/c1-11-9-12-10-13(27)3-4-14(12)15-5-7-18(2)16(17(11)15)6-8-19(18,28)20(22,23)21(24,25)26/h10-11,14-17,28H,3-9H2,1-2H3/t11?,14?,15?,16?,17?,18-,19-/m0/s1. The van der Waals surface area contributed by atoms with Gasteiger partial charge in [0.05, 0.1) is 0 Å². The maximum atomic E-state index is 14.4. The number of allylic oxidation sites excluding steroid dienone is 1. The summed E-state index contributed by atoms with van der Waals surface area (Å²) < 4.78 is 68.4. The van der Waals surface area contributed by atoms with Gasteiger partial charge >= 0.3 is 12.1 Å². The molecular weight excluding hydrogens is 379 g/mol. The van der Waals surface area contributed by atoms with Crippen LogP contribution in [0.15, 0.2) is 11.6 Å². The highest BCUT2D eigenvalue weighted by molar-refractivity contribution is 5.91. The van der Waals surface area contributed by atoms with Gasteiger partial charge in [0.1, 0.15) is 5.60 Å². The van der Waals surface area contributed by atoms with Gasteiger partial charge in [0.25, 0.3) is 0 Å². The largest absolute Gasteiger partial charge is 0.456 e. The van der Waals surface area contributed by atoms with E-state index in [1.807, 2.05) is 6.92 Å². The van der Waals surface area contributed by atoms with E-state index < -0.39 is 29.5 Å². The number of halogens is 5. The van der Waals surface area contributed by atoms with E-state index in [1.165, 1.54) is 6.92 Å². The summed E-state index contributed by atoms with van der Waals surface area (Å²) in [4.78, 5) is 11.8. The van der Waals surface area contributed by atoms with Crippen LogP contribution in [0.25, 0.3) is 0 Å². The molecule has 0 bridgehead atoms. The average Bonchev–Trinajstić information content (AvgIpc) is 2.86. The molecule has 0 amide bonds. The lowest BCUT2D eigenvalue weighted by Crippen LogP contribution is -2.65. The lowest BCUT2D eigenvalue weighted by Gasteiger charge is -2.58. The number of hydrogen-bond donors (Lipinski definition) is 1. The van der Waals surface area contributed by atoms with Gasteiger partial charge in [-0.15, -0.1) is 0 Å². The van der Waals surface area contributed by atoms with Crippen LogP contribution in [-0.4, -0.2) is 28.6 Å². The molecule has 0 radical (unpaired) electrons. The Kier molecular flexibility index (Phi) is 4.36. The molecule has 0 saturated heterocycles. The molecule has 1 N–H and O–H groups in total. The van der Waals surface area contributed by atoms with E-state index in [0.29, 0.717) is 19.3 Å². The molecule has 28 heavy (non-hydrogen) atoms. The van der Waals surface area contributed by atoms with Crippen molar-refractivity contribution in [3.05, 3.63) is 11.6 Å². The predicted octanol–water partition coefficient (Wildman–Crippen LogP) is 5.30. The highest BCUT2D eigenvalue weighted by Crippen LogP contribution is 2.69. The van der Waals surface area contributed by atoms with Gasteiger partial charge in [0.2, 0.25) is 0 Å². The van der Waals surface area contributed by atoms with Crippen LogP contribution >= 0.6 is 0 Å². The van der Waals surface area contributed by atoms with Gasteiger partial charge in [0, 0.05) is 11.8 Å². The van der Waals surface area contributed by atoms with Gasteiger partial charge in [-0.05, 0) is 74.2 Å². The summed E-state index contributed by atoms with van der Waals surface area (Å²) in [6, 6.07) is 0. The number of hydrogen-bond acceptors (Lipinski definition) is 2. The van der Waals surface area contributed by atoms with E-state index in [2.05, 4.69) is 0 Å². The fourth-order valence-electron chi connectivity index (χ4n) is 7.36. The minimum Gasteiger partial charge on any atom is -0.383 e. The molecule has 0 aromatic heterocycles. The van der Waals surface area contributed by atoms with Crippen molar-refractivity contribution < 1.29 is 31.9 Å². The van der Waals surface area contributed by atoms with Crippen LogP contribution in [0, 0.1) is 35.0 Å². The molecule has 2 nitrogen and oxygen atoms in total. The molecule has 3 saturated carbocycles. The SMILES string of the molecule is CC1CC2=CC(=O)CCC2C2CC[C@@]3(C)C(CC[C@@]3(O)C(F)(F)C(F)(F)F)C12. The quantitative estimate of drug-likeness (QED) is 0.600. The first-order valence-corrected chi connectivity index (χ1v) is 10.2. The van der Waals surface area contributed by atoms with Crippen molar-refractivity contribution in [1.82, 2.24) is 0 Å². The zero-order valence-electron chi connectivity index (χ0n) is 16.2. The van der Waals surface area contributed by atoms with Crippen LogP contribution < -0.4 is 0 Å². The van der Waals surface area contributed by atoms with Crippen molar-refractivity contribution >= 4 is 5.78 Å². The first kappa shape index (κ1) is 20.3. The van der Waals surface area contributed by atoms with E-state index >= 15 is 0 Å². The van der Waals surface area contributed by atoms with Crippen molar-refractivity contribution in [3.63, 3.8) is 0 Å². The number of fused-ring (bicyclic) bond motifs is 5. The number of carbonyl (C=O) groups is 1. The predicted molar refractivity (Wildman–Crippen MR) is 92.6 cm³/mol. The van der Waals surface area contributed by atoms with Gasteiger partial charge in [-0.25, -0.2) is 0 Å². The number of aliphatic hydroxyl groups is 1. The van der Waals surface area contributed by atoms with Gasteiger partial charge in [-0.1, -0.05) is 19.4 Å². The second kappa shape index (κ2) is 6.02. The van der Waals surface area contributed by atoms with Gasteiger partial charge in [-0.2, -0.15) is 22.0 Å². The van der Waals surface area contributed by atoms with E-state index in [1.54, 1.807) is 6.08 Å². The number of alkyl halides is 5. The lowest BCUT2D eigenvalue weighted by atomic mass is 9.48. The molecule has 4 rings (SSSR count). The minimum atomic E-state index is -5.77. The molecule has 7 heteroatoms. The topological polar surface area (TPSA) is 37.3 Å². The molecule has 4 aliphatic carbocycles. The molecule has 0 aromatic carbocycles. The van der Waals surface area contributed by atoms with Gasteiger partial charge in [0.15, 0.2) is 5.78 Å². The number of rotatable bonds is 1. The summed E-state index contributed by atoms with van der Waals surface area (Å²) in [5, 5.41) is 10.8. The van der Waals surface area contributed by atoms with Crippen molar-refractivity contribution in [3.8, 4) is 0 Å². The normalized spacial score (nSPS) is 46.5. The highest BCUT2D eigenvalue weighted by atomic mass is 19.4. The summed E-state index contributed by atoms with van der Waals surface area (Å²) in [6.45, 7) is 3.46. The average molecular weight is 406 g/mol. The summed E-state index contributed by atoms with van der Waals surface area (Å²) in [7, 11) is 0. The van der Waals surface area contributed by atoms with Crippen LogP contribution in [-0.2, 0) is 4.79 Å². The highest BCUT2D eigenvalue weighted by Gasteiger charge is 2.79. The third-order valence-electron chi connectivity index (χ3n) is 8.67.